The average molecular weight is 327 g/mol. The molecule has 5 nitrogen and oxygen atoms in total. The Kier molecular flexibility index (Phi) is 6.06. The summed E-state index contributed by atoms with van der Waals surface area (Å²) in [5, 5.41) is 13.8. The second-order valence-corrected chi connectivity index (χ2v) is 6.24. The summed E-state index contributed by atoms with van der Waals surface area (Å²) in [6.45, 7) is 0.417. The minimum absolute atomic E-state index is 0.142. The van der Waals surface area contributed by atoms with Crippen molar-refractivity contribution >= 4 is 17.5 Å². The van der Waals surface area contributed by atoms with Crippen molar-refractivity contribution in [1.82, 2.24) is 5.32 Å². The minimum Gasteiger partial charge on any atom is -0.491 e. The van der Waals surface area contributed by atoms with E-state index >= 15 is 0 Å². The van der Waals surface area contributed by atoms with Crippen molar-refractivity contribution < 1.29 is 14.6 Å². The van der Waals surface area contributed by atoms with E-state index in [0.717, 1.165) is 32.1 Å². The molecule has 6 heteroatoms. The summed E-state index contributed by atoms with van der Waals surface area (Å²) in [6, 6.07) is 6.94. The van der Waals surface area contributed by atoms with Gasteiger partial charge >= 0.3 is 0 Å². The van der Waals surface area contributed by atoms with Gasteiger partial charge in [0.2, 0.25) is 5.91 Å². The highest BCUT2D eigenvalue weighted by molar-refractivity contribution is 6.30. The molecule has 122 valence electrons. The molecule has 0 radical (unpaired) electrons. The van der Waals surface area contributed by atoms with Gasteiger partial charge in [0, 0.05) is 11.6 Å². The quantitative estimate of drug-likeness (QED) is 0.714. The molecule has 1 unspecified atom stereocenters. The Morgan fingerprint density at radius 2 is 1.95 bits per heavy atom. The van der Waals surface area contributed by atoms with Crippen LogP contribution in [0.2, 0.25) is 5.02 Å². The molecule has 4 N–H and O–H groups in total. The van der Waals surface area contributed by atoms with Crippen molar-refractivity contribution in [2.75, 3.05) is 13.2 Å². The Hall–Kier alpha value is -1.30. The number of hydrogen-bond acceptors (Lipinski definition) is 4. The number of ether oxygens (including phenoxy) is 1. The van der Waals surface area contributed by atoms with Crippen LogP contribution in [-0.2, 0) is 4.79 Å². The van der Waals surface area contributed by atoms with E-state index in [2.05, 4.69) is 5.32 Å². The Bertz CT molecular complexity index is 487. The van der Waals surface area contributed by atoms with Gasteiger partial charge in [0.25, 0.3) is 0 Å². The van der Waals surface area contributed by atoms with Gasteiger partial charge < -0.3 is 20.9 Å². The summed E-state index contributed by atoms with van der Waals surface area (Å²) in [6.07, 6.45) is 3.83. The van der Waals surface area contributed by atoms with Crippen LogP contribution in [0.25, 0.3) is 0 Å². The van der Waals surface area contributed by atoms with Crippen LogP contribution in [0, 0.1) is 0 Å². The van der Waals surface area contributed by atoms with Crippen LogP contribution < -0.4 is 15.8 Å². The molecule has 0 spiro atoms. The largest absolute Gasteiger partial charge is 0.491 e. The molecule has 0 aromatic heterocycles. The fraction of sp³-hybridized carbons (Fsp3) is 0.562. The van der Waals surface area contributed by atoms with Crippen molar-refractivity contribution in [2.24, 2.45) is 5.73 Å². The topological polar surface area (TPSA) is 84.6 Å². The van der Waals surface area contributed by atoms with Gasteiger partial charge in [0.1, 0.15) is 18.5 Å². The highest BCUT2D eigenvalue weighted by Gasteiger charge is 2.37. The number of benzene rings is 1. The third-order valence-corrected chi connectivity index (χ3v) is 4.36. The molecule has 1 fully saturated rings. The number of aliphatic hydroxyl groups excluding tert-OH is 1. The Labute approximate surface area is 135 Å². The fourth-order valence-corrected chi connectivity index (χ4v) is 2.89. The number of hydrogen-bond donors (Lipinski definition) is 3. The number of primary amides is 1. The fourth-order valence-electron chi connectivity index (χ4n) is 2.76. The molecule has 0 saturated heterocycles. The van der Waals surface area contributed by atoms with E-state index in [1.165, 1.54) is 0 Å². The number of carbonyl (C=O) groups is 1. The maximum Gasteiger partial charge on any atom is 0.237 e. The number of nitrogens with two attached hydrogens (primary N) is 1. The van der Waals surface area contributed by atoms with Crippen LogP contribution in [0.4, 0.5) is 0 Å². The van der Waals surface area contributed by atoms with Crippen LogP contribution in [0.15, 0.2) is 24.3 Å². The first-order chi connectivity index (χ1) is 10.5. The third-order valence-electron chi connectivity index (χ3n) is 4.11. The number of aliphatic hydroxyl groups is 1. The van der Waals surface area contributed by atoms with E-state index in [-0.39, 0.29) is 19.1 Å². The van der Waals surface area contributed by atoms with Crippen LogP contribution in [0.1, 0.15) is 32.1 Å². The molecule has 1 aliphatic carbocycles. The SMILES string of the molecule is NC(=O)C1(NCC(O)COc2ccc(Cl)cc2)CCCCC1. The summed E-state index contributed by atoms with van der Waals surface area (Å²) in [4.78, 5) is 11.7. The second-order valence-electron chi connectivity index (χ2n) is 5.81. The molecular weight excluding hydrogens is 304 g/mol. The molecule has 22 heavy (non-hydrogen) atoms. The lowest BCUT2D eigenvalue weighted by molar-refractivity contribution is -0.126. The van der Waals surface area contributed by atoms with Gasteiger partial charge in [-0.25, -0.2) is 0 Å². The summed E-state index contributed by atoms with van der Waals surface area (Å²) in [5.41, 5.74) is 4.86. The standard InChI is InChI=1S/C16H23ClN2O3/c17-12-4-6-14(7-5-12)22-11-13(20)10-19-16(15(18)21)8-2-1-3-9-16/h4-7,13,19-20H,1-3,8-11H2,(H2,18,21). The molecule has 0 aliphatic heterocycles. The van der Waals surface area contributed by atoms with Gasteiger partial charge in [-0.15, -0.1) is 0 Å². The first-order valence-corrected chi connectivity index (χ1v) is 8.01. The molecule has 1 aromatic carbocycles. The molecule has 1 aliphatic rings. The first kappa shape index (κ1) is 17.1. The zero-order chi connectivity index (χ0) is 16.0. The van der Waals surface area contributed by atoms with Crippen LogP contribution >= 0.6 is 11.6 Å². The van der Waals surface area contributed by atoms with E-state index in [1.54, 1.807) is 24.3 Å². The van der Waals surface area contributed by atoms with E-state index < -0.39 is 11.6 Å². The van der Waals surface area contributed by atoms with Crippen molar-refractivity contribution in [3.05, 3.63) is 29.3 Å². The first-order valence-electron chi connectivity index (χ1n) is 7.63. The van der Waals surface area contributed by atoms with E-state index in [9.17, 15) is 9.90 Å². The Morgan fingerprint density at radius 3 is 2.55 bits per heavy atom. The molecule has 2 rings (SSSR count). The molecule has 1 amide bonds. The van der Waals surface area contributed by atoms with Crippen LogP contribution in [-0.4, -0.2) is 35.8 Å². The van der Waals surface area contributed by atoms with E-state index in [0.29, 0.717) is 10.8 Å². The van der Waals surface area contributed by atoms with E-state index in [4.69, 9.17) is 22.1 Å². The predicted octanol–water partition coefficient (Wildman–Crippen LogP) is 1.86. The number of β-amino-alcohol motifs (C(OH)–C–C–N with tert-alkyl or cyclic N) is 1. The van der Waals surface area contributed by atoms with Gasteiger partial charge in [-0.1, -0.05) is 30.9 Å². The Morgan fingerprint density at radius 1 is 1.32 bits per heavy atom. The number of amides is 1. The molecule has 0 heterocycles. The van der Waals surface area contributed by atoms with E-state index in [1.807, 2.05) is 0 Å². The summed E-state index contributed by atoms with van der Waals surface area (Å²) in [7, 11) is 0. The zero-order valence-corrected chi connectivity index (χ0v) is 13.3. The lowest BCUT2D eigenvalue weighted by Gasteiger charge is -2.35. The number of halogens is 1. The molecule has 1 aromatic rings. The van der Waals surface area contributed by atoms with Gasteiger partial charge in [0.05, 0.1) is 5.54 Å². The average Bonchev–Trinajstić information content (AvgIpc) is 2.53. The summed E-state index contributed by atoms with van der Waals surface area (Å²) >= 11 is 5.80. The highest BCUT2D eigenvalue weighted by atomic mass is 35.5. The van der Waals surface area contributed by atoms with Crippen molar-refractivity contribution in [3.63, 3.8) is 0 Å². The maximum atomic E-state index is 11.7. The zero-order valence-electron chi connectivity index (χ0n) is 12.6. The van der Waals surface area contributed by atoms with Crippen LogP contribution in [0.5, 0.6) is 5.75 Å². The number of rotatable bonds is 7. The number of nitrogens with one attached hydrogen (secondary N) is 1. The third kappa shape index (κ3) is 4.60. The summed E-state index contributed by atoms with van der Waals surface area (Å²) in [5.74, 6) is 0.309. The second kappa shape index (κ2) is 7.81. The normalized spacial score (nSPS) is 18.6. The number of carbonyl (C=O) groups excluding carboxylic acids is 1. The monoisotopic (exact) mass is 326 g/mol. The summed E-state index contributed by atoms with van der Waals surface area (Å²) < 4.78 is 5.49. The van der Waals surface area contributed by atoms with Crippen molar-refractivity contribution in [3.8, 4) is 5.75 Å². The smallest absolute Gasteiger partial charge is 0.237 e. The van der Waals surface area contributed by atoms with Gasteiger partial charge in [0.15, 0.2) is 0 Å². The minimum atomic E-state index is -0.714. The predicted molar refractivity (Wildman–Crippen MR) is 86.0 cm³/mol. The molecular formula is C16H23ClN2O3. The molecule has 1 saturated carbocycles. The molecule has 0 bridgehead atoms. The maximum absolute atomic E-state index is 11.7. The van der Waals surface area contributed by atoms with Gasteiger partial charge in [-0.3, -0.25) is 4.79 Å². The lowest BCUT2D eigenvalue weighted by Crippen LogP contribution is -2.58. The van der Waals surface area contributed by atoms with Gasteiger partial charge in [-0.05, 0) is 37.1 Å². The van der Waals surface area contributed by atoms with Crippen molar-refractivity contribution in [1.29, 1.82) is 0 Å². The highest BCUT2D eigenvalue weighted by Crippen LogP contribution is 2.27. The van der Waals surface area contributed by atoms with Gasteiger partial charge in [-0.2, -0.15) is 0 Å². The Balaban J connectivity index is 1.79. The van der Waals surface area contributed by atoms with Crippen LogP contribution in [0.3, 0.4) is 0 Å². The molecule has 1 atom stereocenters. The lowest BCUT2D eigenvalue weighted by atomic mass is 9.81. The van der Waals surface area contributed by atoms with Crippen molar-refractivity contribution in [2.45, 2.75) is 43.7 Å².